The maximum absolute atomic E-state index is 13.7. The maximum Gasteiger partial charge on any atom is 0.282 e. The fourth-order valence-corrected chi connectivity index (χ4v) is 5.35. The molecule has 2 atom stereocenters. The molecule has 182 valence electrons. The average molecular weight is 615 g/mol. The Morgan fingerprint density at radius 1 is 0.944 bits per heavy atom. The highest BCUT2D eigenvalue weighted by molar-refractivity contribution is 9.10. The predicted octanol–water partition coefficient (Wildman–Crippen LogP) is 5.19. The summed E-state index contributed by atoms with van der Waals surface area (Å²) in [5.41, 5.74) is 1.16. The number of nitro benzene ring substituents is 1. The molecule has 1 fully saturated rings. The number of nitro groups is 1. The van der Waals surface area contributed by atoms with Crippen molar-refractivity contribution in [1.29, 1.82) is 0 Å². The van der Waals surface area contributed by atoms with Gasteiger partial charge in [-0.1, -0.05) is 37.9 Å². The number of aryl methyl sites for hydroxylation is 1. The van der Waals surface area contributed by atoms with Crippen LogP contribution in [-0.2, 0) is 4.79 Å². The van der Waals surface area contributed by atoms with E-state index in [4.69, 9.17) is 4.74 Å². The third-order valence-corrected chi connectivity index (χ3v) is 7.78. The monoisotopic (exact) mass is 613 g/mol. The quantitative estimate of drug-likeness (QED) is 0.169. The first-order valence-electron chi connectivity index (χ1n) is 10.7. The number of hydrogen-bond acceptors (Lipinski definition) is 6. The van der Waals surface area contributed by atoms with E-state index in [1.54, 1.807) is 24.3 Å². The van der Waals surface area contributed by atoms with Crippen LogP contribution in [-0.4, -0.2) is 40.7 Å². The maximum atomic E-state index is 13.7. The van der Waals surface area contributed by atoms with Crippen molar-refractivity contribution in [2.45, 2.75) is 19.0 Å². The highest BCUT2D eigenvalue weighted by atomic mass is 79.9. The van der Waals surface area contributed by atoms with E-state index in [1.165, 1.54) is 30.2 Å². The largest absolute Gasteiger partial charge is 0.496 e. The smallest absolute Gasteiger partial charge is 0.282 e. The second-order valence-corrected chi connectivity index (χ2v) is 10.1. The first-order chi connectivity index (χ1) is 17.1. The van der Waals surface area contributed by atoms with Crippen LogP contribution < -0.4 is 9.64 Å². The summed E-state index contributed by atoms with van der Waals surface area (Å²) in [5, 5.41) is 11.6. The summed E-state index contributed by atoms with van der Waals surface area (Å²) in [4.78, 5) is 53.7. The first-order valence-corrected chi connectivity index (χ1v) is 12.3. The van der Waals surface area contributed by atoms with E-state index in [2.05, 4.69) is 31.9 Å². The van der Waals surface area contributed by atoms with Gasteiger partial charge in [0.15, 0.2) is 0 Å². The average Bonchev–Trinajstić information content (AvgIpc) is 3.09. The van der Waals surface area contributed by atoms with Gasteiger partial charge in [-0.25, -0.2) is 0 Å². The number of β-lactam (4-membered cyclic amide) rings is 1. The molecular formula is C25H17Br2N3O6. The lowest BCUT2D eigenvalue weighted by Gasteiger charge is -2.50. The van der Waals surface area contributed by atoms with E-state index in [9.17, 15) is 24.5 Å². The van der Waals surface area contributed by atoms with Gasteiger partial charge < -0.3 is 9.64 Å². The molecule has 0 spiro atoms. The number of amides is 3. The van der Waals surface area contributed by atoms with Gasteiger partial charge in [0.1, 0.15) is 17.4 Å². The second kappa shape index (κ2) is 8.82. The number of fused-ring (bicyclic) bond motifs is 1. The van der Waals surface area contributed by atoms with E-state index in [0.29, 0.717) is 21.5 Å². The van der Waals surface area contributed by atoms with Crippen LogP contribution in [0.4, 0.5) is 11.4 Å². The minimum Gasteiger partial charge on any atom is -0.496 e. The fourth-order valence-electron chi connectivity index (χ4n) is 4.73. The van der Waals surface area contributed by atoms with Crippen LogP contribution in [0.1, 0.15) is 37.9 Å². The summed E-state index contributed by atoms with van der Waals surface area (Å²) in [6.07, 6.45) is 0. The van der Waals surface area contributed by atoms with Crippen LogP contribution >= 0.6 is 31.9 Å². The van der Waals surface area contributed by atoms with E-state index in [1.807, 2.05) is 19.1 Å². The van der Waals surface area contributed by atoms with Crippen LogP contribution in [0.5, 0.6) is 5.75 Å². The Morgan fingerprint density at radius 2 is 1.69 bits per heavy atom. The van der Waals surface area contributed by atoms with Gasteiger partial charge in [-0.2, -0.15) is 0 Å². The SMILES string of the molecule is COc1ccc(Br)cc1C1C(N2C(=O)c3cccc([N+](=O)[O-])c3C2=O)C(=O)N1c1ccc(Br)c(C)c1. The van der Waals surface area contributed by atoms with Gasteiger partial charge in [-0.05, 0) is 55.0 Å². The molecule has 36 heavy (non-hydrogen) atoms. The van der Waals surface area contributed by atoms with E-state index in [-0.39, 0.29) is 11.1 Å². The Labute approximate surface area is 222 Å². The number of nitrogens with zero attached hydrogens (tertiary/aromatic N) is 3. The number of carbonyl (C=O) groups is 3. The molecule has 0 aromatic heterocycles. The molecular weight excluding hydrogens is 598 g/mol. The first kappa shape index (κ1) is 24.1. The summed E-state index contributed by atoms with van der Waals surface area (Å²) >= 11 is 6.91. The lowest BCUT2D eigenvalue weighted by atomic mass is 9.85. The molecule has 5 rings (SSSR count). The number of imide groups is 1. The summed E-state index contributed by atoms with van der Waals surface area (Å²) < 4.78 is 7.12. The lowest BCUT2D eigenvalue weighted by Crippen LogP contribution is -2.67. The van der Waals surface area contributed by atoms with Crippen molar-refractivity contribution in [2.24, 2.45) is 0 Å². The van der Waals surface area contributed by atoms with Crippen molar-refractivity contribution in [3.63, 3.8) is 0 Å². The Morgan fingerprint density at radius 3 is 2.36 bits per heavy atom. The minimum absolute atomic E-state index is 0.0973. The van der Waals surface area contributed by atoms with Gasteiger partial charge in [0.25, 0.3) is 23.4 Å². The Hall–Kier alpha value is -3.57. The molecule has 9 nitrogen and oxygen atoms in total. The van der Waals surface area contributed by atoms with Gasteiger partial charge in [0.05, 0.1) is 23.6 Å². The van der Waals surface area contributed by atoms with Crippen LogP contribution in [0.15, 0.2) is 63.5 Å². The zero-order valence-electron chi connectivity index (χ0n) is 18.9. The fraction of sp³-hybridized carbons (Fsp3) is 0.160. The summed E-state index contributed by atoms with van der Waals surface area (Å²) in [6.45, 7) is 1.88. The predicted molar refractivity (Wildman–Crippen MR) is 137 cm³/mol. The molecule has 2 unspecified atom stereocenters. The van der Waals surface area contributed by atoms with Gasteiger partial charge in [-0.3, -0.25) is 29.4 Å². The number of rotatable bonds is 5. The van der Waals surface area contributed by atoms with E-state index < -0.39 is 40.4 Å². The summed E-state index contributed by atoms with van der Waals surface area (Å²) in [7, 11) is 1.49. The number of benzene rings is 3. The summed E-state index contributed by atoms with van der Waals surface area (Å²) in [6, 6.07) is 12.5. The molecule has 2 heterocycles. The van der Waals surface area contributed by atoms with Gasteiger partial charge in [0, 0.05) is 26.3 Å². The van der Waals surface area contributed by atoms with Crippen molar-refractivity contribution in [2.75, 3.05) is 12.0 Å². The van der Waals surface area contributed by atoms with Crippen molar-refractivity contribution in [3.8, 4) is 5.75 Å². The van der Waals surface area contributed by atoms with E-state index >= 15 is 0 Å². The Kier molecular flexibility index (Phi) is 5.92. The van der Waals surface area contributed by atoms with Gasteiger partial charge in [0.2, 0.25) is 0 Å². The number of hydrogen-bond donors (Lipinski definition) is 0. The number of halogens is 2. The zero-order chi connectivity index (χ0) is 25.9. The van der Waals surface area contributed by atoms with Crippen molar-refractivity contribution < 1.29 is 24.0 Å². The Balaban J connectivity index is 1.66. The van der Waals surface area contributed by atoms with Crippen LogP contribution in [0, 0.1) is 17.0 Å². The molecule has 0 N–H and O–H groups in total. The van der Waals surface area contributed by atoms with Gasteiger partial charge >= 0.3 is 0 Å². The third-order valence-electron chi connectivity index (χ3n) is 6.40. The molecule has 0 saturated carbocycles. The molecule has 2 aliphatic heterocycles. The standard InChI is InChI=1S/C25H17Br2N3O6/c1-12-10-14(7-8-17(12)27)28-21(16-11-13(26)6-9-19(16)36-2)22(25(28)33)29-23(31)15-4-3-5-18(30(34)35)20(15)24(29)32/h3-11,21-22H,1-2H3. The van der Waals surface area contributed by atoms with Crippen molar-refractivity contribution in [3.05, 3.63) is 95.9 Å². The molecule has 2 aliphatic rings. The molecule has 0 bridgehead atoms. The highest BCUT2D eigenvalue weighted by Crippen LogP contribution is 2.48. The molecule has 0 aliphatic carbocycles. The Bertz CT molecular complexity index is 1490. The van der Waals surface area contributed by atoms with Crippen molar-refractivity contribution >= 4 is 61.0 Å². The molecule has 11 heteroatoms. The highest BCUT2D eigenvalue weighted by Gasteiger charge is 2.59. The normalized spacial score (nSPS) is 18.8. The third kappa shape index (κ3) is 3.53. The molecule has 3 aromatic carbocycles. The zero-order valence-corrected chi connectivity index (χ0v) is 22.1. The van der Waals surface area contributed by atoms with Gasteiger partial charge in [-0.15, -0.1) is 0 Å². The topological polar surface area (TPSA) is 110 Å². The van der Waals surface area contributed by atoms with Crippen molar-refractivity contribution in [1.82, 2.24) is 4.90 Å². The number of methoxy groups -OCH3 is 1. The van der Waals surface area contributed by atoms with E-state index in [0.717, 1.165) is 14.9 Å². The van der Waals surface area contributed by atoms with Crippen LogP contribution in [0.2, 0.25) is 0 Å². The minimum atomic E-state index is -1.22. The number of ether oxygens (including phenoxy) is 1. The lowest BCUT2D eigenvalue weighted by molar-refractivity contribution is -0.385. The molecule has 0 radical (unpaired) electrons. The summed E-state index contributed by atoms with van der Waals surface area (Å²) in [5.74, 6) is -1.64. The molecule has 1 saturated heterocycles. The number of carbonyl (C=O) groups excluding carboxylic acids is 3. The van der Waals surface area contributed by atoms with Crippen LogP contribution in [0.3, 0.4) is 0 Å². The number of anilines is 1. The van der Waals surface area contributed by atoms with Crippen LogP contribution in [0.25, 0.3) is 0 Å². The molecule has 3 aromatic rings. The molecule has 3 amide bonds. The second-order valence-electron chi connectivity index (χ2n) is 8.35.